The fraction of sp³-hybridized carbons (Fsp3) is 0.435. The number of nitrogens with zero attached hydrogens (tertiary/aromatic N) is 3. The number of para-hydroxylation sites is 3. The SMILES string of the molecule is CCCNc1cccc(C(=O)N(C)C)c1N1CCN(c2ccccc2OC)CC1. The first-order valence-electron chi connectivity index (χ1n) is 10.3. The first kappa shape index (κ1) is 20.8. The molecule has 0 aromatic heterocycles. The molecule has 2 aromatic carbocycles. The van der Waals surface area contributed by atoms with Crippen molar-refractivity contribution in [1.82, 2.24) is 4.90 Å². The van der Waals surface area contributed by atoms with Crippen molar-refractivity contribution >= 4 is 23.0 Å². The summed E-state index contributed by atoms with van der Waals surface area (Å²) in [7, 11) is 5.32. The summed E-state index contributed by atoms with van der Waals surface area (Å²) >= 11 is 0. The summed E-state index contributed by atoms with van der Waals surface area (Å²) in [6.45, 7) is 6.46. The summed E-state index contributed by atoms with van der Waals surface area (Å²) in [6.07, 6.45) is 1.03. The van der Waals surface area contributed by atoms with Crippen LogP contribution in [0.2, 0.25) is 0 Å². The molecule has 0 atom stereocenters. The molecular formula is C23H32N4O2. The maximum atomic E-state index is 12.8. The number of carbonyl (C=O) groups is 1. The normalized spacial score (nSPS) is 13.9. The third kappa shape index (κ3) is 4.58. The first-order valence-corrected chi connectivity index (χ1v) is 10.3. The second-order valence-corrected chi connectivity index (χ2v) is 7.47. The van der Waals surface area contributed by atoms with Crippen LogP contribution in [0.15, 0.2) is 42.5 Å². The number of hydrogen-bond donors (Lipinski definition) is 1. The van der Waals surface area contributed by atoms with Gasteiger partial charge in [0, 0.05) is 46.8 Å². The molecule has 1 aliphatic rings. The summed E-state index contributed by atoms with van der Waals surface area (Å²) in [5.41, 5.74) is 3.92. The fourth-order valence-electron chi connectivity index (χ4n) is 3.76. The number of hydrogen-bond acceptors (Lipinski definition) is 5. The van der Waals surface area contributed by atoms with E-state index in [0.717, 1.165) is 67.5 Å². The van der Waals surface area contributed by atoms with E-state index < -0.39 is 0 Å². The van der Waals surface area contributed by atoms with E-state index in [4.69, 9.17) is 4.74 Å². The molecule has 0 spiro atoms. The zero-order valence-electron chi connectivity index (χ0n) is 17.9. The van der Waals surface area contributed by atoms with Crippen molar-refractivity contribution in [2.75, 3.05) is 69.0 Å². The van der Waals surface area contributed by atoms with E-state index in [1.807, 2.05) is 30.3 Å². The van der Waals surface area contributed by atoms with Gasteiger partial charge in [-0.05, 0) is 30.7 Å². The van der Waals surface area contributed by atoms with Gasteiger partial charge in [-0.2, -0.15) is 0 Å². The topological polar surface area (TPSA) is 48.1 Å². The summed E-state index contributed by atoms with van der Waals surface area (Å²) in [4.78, 5) is 19.2. The molecule has 1 aliphatic heterocycles. The Morgan fingerprint density at radius 2 is 1.72 bits per heavy atom. The van der Waals surface area contributed by atoms with Crippen LogP contribution in [0.3, 0.4) is 0 Å². The van der Waals surface area contributed by atoms with Gasteiger partial charge >= 0.3 is 0 Å². The molecule has 0 bridgehead atoms. The Balaban J connectivity index is 1.86. The molecule has 0 aliphatic carbocycles. The average molecular weight is 397 g/mol. The van der Waals surface area contributed by atoms with Gasteiger partial charge in [0.1, 0.15) is 5.75 Å². The molecule has 156 valence electrons. The van der Waals surface area contributed by atoms with Crippen LogP contribution in [0, 0.1) is 0 Å². The van der Waals surface area contributed by atoms with Crippen LogP contribution in [-0.2, 0) is 0 Å². The maximum Gasteiger partial charge on any atom is 0.255 e. The number of anilines is 3. The van der Waals surface area contributed by atoms with Gasteiger partial charge in [-0.3, -0.25) is 4.79 Å². The van der Waals surface area contributed by atoms with E-state index in [1.165, 1.54) is 0 Å². The molecule has 2 aromatic rings. The molecule has 1 N–H and O–H groups in total. The minimum Gasteiger partial charge on any atom is -0.495 e. The van der Waals surface area contributed by atoms with Crippen molar-refractivity contribution in [2.24, 2.45) is 0 Å². The number of carbonyl (C=O) groups excluding carboxylic acids is 1. The van der Waals surface area contributed by atoms with Gasteiger partial charge in [0.2, 0.25) is 0 Å². The highest BCUT2D eigenvalue weighted by atomic mass is 16.5. The van der Waals surface area contributed by atoms with Crippen LogP contribution in [0.5, 0.6) is 5.75 Å². The molecule has 1 saturated heterocycles. The highest BCUT2D eigenvalue weighted by Crippen LogP contribution is 2.34. The maximum absolute atomic E-state index is 12.8. The predicted molar refractivity (Wildman–Crippen MR) is 121 cm³/mol. The number of nitrogens with one attached hydrogen (secondary N) is 1. The minimum atomic E-state index is 0.0345. The van der Waals surface area contributed by atoms with Gasteiger partial charge in [0.25, 0.3) is 5.91 Å². The molecule has 0 unspecified atom stereocenters. The standard InChI is InChI=1S/C23H32N4O2/c1-5-13-24-19-10-8-9-18(23(28)25(2)3)22(19)27-16-14-26(15-17-27)20-11-6-7-12-21(20)29-4/h6-12,24H,5,13-17H2,1-4H3. The number of ether oxygens (including phenoxy) is 1. The van der Waals surface area contributed by atoms with Gasteiger partial charge in [-0.25, -0.2) is 0 Å². The molecule has 6 nitrogen and oxygen atoms in total. The van der Waals surface area contributed by atoms with E-state index in [0.29, 0.717) is 0 Å². The van der Waals surface area contributed by atoms with E-state index in [2.05, 4.69) is 34.2 Å². The van der Waals surface area contributed by atoms with Gasteiger partial charge in [0.15, 0.2) is 0 Å². The molecule has 1 amide bonds. The lowest BCUT2D eigenvalue weighted by Gasteiger charge is -2.39. The van der Waals surface area contributed by atoms with Crippen molar-refractivity contribution < 1.29 is 9.53 Å². The Kier molecular flexibility index (Phi) is 6.86. The largest absolute Gasteiger partial charge is 0.495 e. The van der Waals surface area contributed by atoms with E-state index in [-0.39, 0.29) is 5.91 Å². The molecule has 29 heavy (non-hydrogen) atoms. The molecule has 0 radical (unpaired) electrons. The second-order valence-electron chi connectivity index (χ2n) is 7.47. The second kappa shape index (κ2) is 9.54. The van der Waals surface area contributed by atoms with Crippen LogP contribution in [0.1, 0.15) is 23.7 Å². The third-order valence-corrected chi connectivity index (χ3v) is 5.26. The van der Waals surface area contributed by atoms with E-state index in [9.17, 15) is 4.79 Å². The number of rotatable bonds is 7. The predicted octanol–water partition coefficient (Wildman–Crippen LogP) is 3.55. The average Bonchev–Trinajstić information content (AvgIpc) is 2.76. The Labute approximate surface area is 174 Å². The lowest BCUT2D eigenvalue weighted by molar-refractivity contribution is 0.0828. The Morgan fingerprint density at radius 3 is 2.38 bits per heavy atom. The van der Waals surface area contributed by atoms with Gasteiger partial charge < -0.3 is 24.8 Å². The molecule has 3 rings (SSSR count). The number of amides is 1. The van der Waals surface area contributed by atoms with E-state index in [1.54, 1.807) is 26.1 Å². The Morgan fingerprint density at radius 1 is 1.03 bits per heavy atom. The summed E-state index contributed by atoms with van der Waals surface area (Å²) in [6, 6.07) is 14.1. The summed E-state index contributed by atoms with van der Waals surface area (Å²) in [5.74, 6) is 0.932. The number of benzene rings is 2. The smallest absolute Gasteiger partial charge is 0.255 e. The number of piperazine rings is 1. The zero-order chi connectivity index (χ0) is 20.8. The highest BCUT2D eigenvalue weighted by Gasteiger charge is 2.25. The third-order valence-electron chi connectivity index (χ3n) is 5.26. The lowest BCUT2D eigenvalue weighted by atomic mass is 10.1. The number of methoxy groups -OCH3 is 1. The lowest BCUT2D eigenvalue weighted by Crippen LogP contribution is -2.47. The van der Waals surface area contributed by atoms with Gasteiger partial charge in [-0.1, -0.05) is 25.1 Å². The molecule has 1 heterocycles. The summed E-state index contributed by atoms with van der Waals surface area (Å²) < 4.78 is 5.53. The Hall–Kier alpha value is -2.89. The fourth-order valence-corrected chi connectivity index (χ4v) is 3.76. The van der Waals surface area contributed by atoms with Crippen molar-refractivity contribution in [3.63, 3.8) is 0 Å². The van der Waals surface area contributed by atoms with Gasteiger partial charge in [-0.15, -0.1) is 0 Å². The van der Waals surface area contributed by atoms with Crippen LogP contribution in [-0.4, -0.2) is 64.7 Å². The van der Waals surface area contributed by atoms with Gasteiger partial charge in [0.05, 0.1) is 29.7 Å². The quantitative estimate of drug-likeness (QED) is 0.776. The minimum absolute atomic E-state index is 0.0345. The highest BCUT2D eigenvalue weighted by molar-refractivity contribution is 6.02. The molecule has 6 heteroatoms. The van der Waals surface area contributed by atoms with Crippen LogP contribution < -0.4 is 19.9 Å². The molecular weight excluding hydrogens is 364 g/mol. The van der Waals surface area contributed by atoms with E-state index >= 15 is 0 Å². The van der Waals surface area contributed by atoms with Crippen molar-refractivity contribution in [2.45, 2.75) is 13.3 Å². The van der Waals surface area contributed by atoms with Crippen molar-refractivity contribution in [3.8, 4) is 5.75 Å². The van der Waals surface area contributed by atoms with Crippen LogP contribution in [0.4, 0.5) is 17.1 Å². The van der Waals surface area contributed by atoms with Crippen LogP contribution >= 0.6 is 0 Å². The molecule has 0 saturated carbocycles. The molecule has 1 fully saturated rings. The zero-order valence-corrected chi connectivity index (χ0v) is 17.9. The monoisotopic (exact) mass is 396 g/mol. The van der Waals surface area contributed by atoms with Crippen LogP contribution in [0.25, 0.3) is 0 Å². The Bertz CT molecular complexity index is 829. The first-order chi connectivity index (χ1) is 14.1. The summed E-state index contributed by atoms with van der Waals surface area (Å²) in [5, 5.41) is 3.51. The van der Waals surface area contributed by atoms with Crippen molar-refractivity contribution in [3.05, 3.63) is 48.0 Å². The van der Waals surface area contributed by atoms with Crippen molar-refractivity contribution in [1.29, 1.82) is 0 Å².